The number of para-hydroxylation sites is 1. The molecule has 0 saturated carbocycles. The van der Waals surface area contributed by atoms with Crippen LogP contribution >= 0.6 is 0 Å². The molecule has 5 aromatic rings. The fourth-order valence-corrected chi connectivity index (χ4v) is 3.72. The van der Waals surface area contributed by atoms with Crippen LogP contribution in [0, 0.1) is 23.3 Å². The van der Waals surface area contributed by atoms with Crippen LogP contribution in [0.2, 0.25) is 0 Å². The van der Waals surface area contributed by atoms with Crippen molar-refractivity contribution >= 4 is 10.9 Å². The minimum absolute atomic E-state index is 0.0207. The highest BCUT2D eigenvalue weighted by Gasteiger charge is 2.19. The molecule has 9 heteroatoms. The van der Waals surface area contributed by atoms with Crippen molar-refractivity contribution < 1.29 is 22.1 Å². The molecular weight excluding hydrogens is 450 g/mol. The molecule has 2 heterocycles. The molecule has 0 aliphatic rings. The highest BCUT2D eigenvalue weighted by Crippen LogP contribution is 2.22. The molecular formula is C25H15F4N3O2. The molecule has 0 spiro atoms. The number of nitrogens with zero attached hydrogens (tertiary/aromatic N) is 3. The van der Waals surface area contributed by atoms with Gasteiger partial charge in [0.2, 0.25) is 17.1 Å². The Morgan fingerprint density at radius 1 is 0.882 bits per heavy atom. The Morgan fingerprint density at radius 2 is 1.65 bits per heavy atom. The van der Waals surface area contributed by atoms with E-state index in [-0.39, 0.29) is 47.1 Å². The van der Waals surface area contributed by atoms with Crippen molar-refractivity contribution in [2.45, 2.75) is 13.0 Å². The zero-order valence-corrected chi connectivity index (χ0v) is 17.4. The number of hydrogen-bond acceptors (Lipinski definition) is 4. The molecule has 0 bridgehead atoms. The molecule has 0 saturated heterocycles. The van der Waals surface area contributed by atoms with Gasteiger partial charge in [-0.25, -0.2) is 17.6 Å². The topological polar surface area (TPSA) is 60.9 Å². The lowest BCUT2D eigenvalue weighted by atomic mass is 10.1. The third-order valence-corrected chi connectivity index (χ3v) is 5.42. The van der Waals surface area contributed by atoms with E-state index in [1.165, 1.54) is 22.9 Å². The maximum atomic E-state index is 14.3. The van der Waals surface area contributed by atoms with Crippen molar-refractivity contribution in [1.29, 1.82) is 0 Å². The number of fused-ring (bicyclic) bond motifs is 1. The minimum Gasteiger partial charge on any atom is -0.342 e. The molecule has 170 valence electrons. The Kier molecular flexibility index (Phi) is 5.45. The second-order valence-electron chi connectivity index (χ2n) is 7.67. The summed E-state index contributed by atoms with van der Waals surface area (Å²) >= 11 is 0. The molecule has 0 atom stereocenters. The molecule has 0 aliphatic carbocycles. The summed E-state index contributed by atoms with van der Waals surface area (Å²) in [6.07, 6.45) is 1.66. The van der Waals surface area contributed by atoms with E-state index in [0.717, 1.165) is 17.7 Å². The van der Waals surface area contributed by atoms with Crippen LogP contribution in [0.25, 0.3) is 22.3 Å². The molecule has 0 amide bonds. The first-order valence-corrected chi connectivity index (χ1v) is 10.2. The Labute approximate surface area is 189 Å². The second-order valence-corrected chi connectivity index (χ2v) is 7.67. The van der Waals surface area contributed by atoms with Crippen LogP contribution in [0.1, 0.15) is 17.0 Å². The van der Waals surface area contributed by atoms with Crippen LogP contribution in [0.15, 0.2) is 76.2 Å². The first-order valence-electron chi connectivity index (χ1n) is 10.2. The normalized spacial score (nSPS) is 11.3. The van der Waals surface area contributed by atoms with Crippen LogP contribution in [0.5, 0.6) is 0 Å². The van der Waals surface area contributed by atoms with Crippen LogP contribution in [0.3, 0.4) is 0 Å². The van der Waals surface area contributed by atoms with Crippen LogP contribution in [0.4, 0.5) is 17.6 Å². The van der Waals surface area contributed by atoms with Gasteiger partial charge in [-0.15, -0.1) is 0 Å². The standard InChI is InChI=1S/C25H15F4N3O2/c26-16-8-5-14(6-9-16)11-21-30-25(31-34-21)18-13-32(20-4-2-1-3-17(20)24(18)33)12-15-7-10-19(27)23(29)22(15)28/h1-10,13H,11-12H2. The summed E-state index contributed by atoms with van der Waals surface area (Å²) in [4.78, 5) is 17.4. The predicted molar refractivity (Wildman–Crippen MR) is 116 cm³/mol. The summed E-state index contributed by atoms with van der Waals surface area (Å²) in [5, 5.41) is 4.21. The number of halogens is 4. The quantitative estimate of drug-likeness (QED) is 0.263. The van der Waals surface area contributed by atoms with Gasteiger partial charge in [0.25, 0.3) is 0 Å². The minimum atomic E-state index is -1.56. The van der Waals surface area contributed by atoms with E-state index in [1.807, 2.05) is 0 Å². The third-order valence-electron chi connectivity index (χ3n) is 5.42. The lowest BCUT2D eigenvalue weighted by Gasteiger charge is -2.13. The summed E-state index contributed by atoms with van der Waals surface area (Å²) in [7, 11) is 0. The highest BCUT2D eigenvalue weighted by atomic mass is 19.2. The van der Waals surface area contributed by atoms with Crippen molar-refractivity contribution in [3.05, 3.63) is 117 Å². The smallest absolute Gasteiger partial charge is 0.231 e. The molecule has 2 aromatic heterocycles. The number of rotatable bonds is 5. The first-order chi connectivity index (χ1) is 16.4. The van der Waals surface area contributed by atoms with Gasteiger partial charge in [-0.3, -0.25) is 4.79 Å². The molecule has 34 heavy (non-hydrogen) atoms. The van der Waals surface area contributed by atoms with E-state index in [1.54, 1.807) is 36.4 Å². The molecule has 0 aliphatic heterocycles. The van der Waals surface area contributed by atoms with Crippen molar-refractivity contribution in [3.63, 3.8) is 0 Å². The average molecular weight is 465 g/mol. The largest absolute Gasteiger partial charge is 0.342 e. The predicted octanol–water partition coefficient (Wildman–Crippen LogP) is 5.25. The van der Waals surface area contributed by atoms with E-state index in [2.05, 4.69) is 10.1 Å². The lowest BCUT2D eigenvalue weighted by molar-refractivity contribution is 0.385. The van der Waals surface area contributed by atoms with Crippen molar-refractivity contribution in [2.75, 3.05) is 0 Å². The van der Waals surface area contributed by atoms with Crippen LogP contribution < -0.4 is 5.43 Å². The number of aromatic nitrogens is 3. The zero-order chi connectivity index (χ0) is 23.8. The summed E-state index contributed by atoms with van der Waals surface area (Å²) < 4.78 is 61.4. The van der Waals surface area contributed by atoms with Gasteiger partial charge in [0.05, 0.1) is 24.0 Å². The molecule has 5 nitrogen and oxygen atoms in total. The summed E-state index contributed by atoms with van der Waals surface area (Å²) in [5.74, 6) is -4.28. The van der Waals surface area contributed by atoms with Crippen molar-refractivity contribution in [3.8, 4) is 11.4 Å². The molecule has 5 rings (SSSR count). The van der Waals surface area contributed by atoms with Gasteiger partial charge in [-0.1, -0.05) is 35.5 Å². The van der Waals surface area contributed by atoms with E-state index < -0.39 is 17.5 Å². The Balaban J connectivity index is 1.57. The van der Waals surface area contributed by atoms with Crippen molar-refractivity contribution in [2.24, 2.45) is 0 Å². The maximum Gasteiger partial charge on any atom is 0.231 e. The molecule has 0 unspecified atom stereocenters. The number of hydrogen-bond donors (Lipinski definition) is 0. The summed E-state index contributed by atoms with van der Waals surface area (Å²) in [6, 6.07) is 14.4. The zero-order valence-electron chi connectivity index (χ0n) is 17.4. The second kappa shape index (κ2) is 8.58. The van der Waals surface area contributed by atoms with E-state index in [9.17, 15) is 22.4 Å². The van der Waals surface area contributed by atoms with Gasteiger partial charge in [-0.05, 0) is 35.9 Å². The maximum absolute atomic E-state index is 14.3. The van der Waals surface area contributed by atoms with E-state index in [4.69, 9.17) is 4.52 Å². The summed E-state index contributed by atoms with van der Waals surface area (Å²) in [6.45, 7) is -0.170. The molecule has 0 radical (unpaired) electrons. The molecule has 0 fully saturated rings. The van der Waals surface area contributed by atoms with Gasteiger partial charge in [-0.2, -0.15) is 4.98 Å². The van der Waals surface area contributed by atoms with E-state index in [0.29, 0.717) is 10.9 Å². The van der Waals surface area contributed by atoms with Gasteiger partial charge < -0.3 is 9.09 Å². The lowest BCUT2D eigenvalue weighted by Crippen LogP contribution is -2.14. The fraction of sp³-hybridized carbons (Fsp3) is 0.0800. The highest BCUT2D eigenvalue weighted by molar-refractivity contribution is 5.83. The van der Waals surface area contributed by atoms with Crippen LogP contribution in [-0.2, 0) is 13.0 Å². The summed E-state index contributed by atoms with van der Waals surface area (Å²) in [5.41, 5.74) is 0.836. The van der Waals surface area contributed by atoms with Gasteiger partial charge in [0.1, 0.15) is 5.82 Å². The van der Waals surface area contributed by atoms with Crippen molar-refractivity contribution in [1.82, 2.24) is 14.7 Å². The van der Waals surface area contributed by atoms with Gasteiger partial charge in [0.15, 0.2) is 17.5 Å². The van der Waals surface area contributed by atoms with Crippen LogP contribution in [-0.4, -0.2) is 14.7 Å². The number of pyridine rings is 1. The molecule has 3 aromatic carbocycles. The number of benzene rings is 3. The first kappa shape index (κ1) is 21.6. The average Bonchev–Trinajstić information content (AvgIpc) is 3.30. The van der Waals surface area contributed by atoms with Gasteiger partial charge >= 0.3 is 0 Å². The SMILES string of the molecule is O=c1c(-c2noc(Cc3ccc(F)cc3)n2)cn(Cc2ccc(F)c(F)c2F)c2ccccc12. The monoisotopic (exact) mass is 465 g/mol. The third kappa shape index (κ3) is 3.96. The van der Waals surface area contributed by atoms with E-state index >= 15 is 0 Å². The Bertz CT molecular complexity index is 1580. The fourth-order valence-electron chi connectivity index (χ4n) is 3.72. The Morgan fingerprint density at radius 3 is 2.44 bits per heavy atom. The molecule has 0 N–H and O–H groups in total. The van der Waals surface area contributed by atoms with Gasteiger partial charge in [0, 0.05) is 17.1 Å². The Hall–Kier alpha value is -4.27.